The van der Waals surface area contributed by atoms with Crippen molar-refractivity contribution < 1.29 is 18.8 Å². The molecule has 10 heteroatoms. The van der Waals surface area contributed by atoms with Crippen LogP contribution in [0.15, 0.2) is 30.5 Å². The minimum absolute atomic E-state index is 0.0144. The molecule has 0 saturated carbocycles. The van der Waals surface area contributed by atoms with Crippen LogP contribution < -0.4 is 16.4 Å². The van der Waals surface area contributed by atoms with Crippen molar-refractivity contribution in [3.05, 3.63) is 42.0 Å². The number of nitrogens with one attached hydrogen (secondary N) is 2. The maximum atomic E-state index is 13.0. The Bertz CT molecular complexity index is 887. The minimum atomic E-state index is -1.50. The predicted molar refractivity (Wildman–Crippen MR) is 98.8 cm³/mol. The van der Waals surface area contributed by atoms with Gasteiger partial charge in [-0.1, -0.05) is 20.8 Å². The van der Waals surface area contributed by atoms with Gasteiger partial charge >= 0.3 is 0 Å². The molecule has 28 heavy (non-hydrogen) atoms. The Hall–Kier alpha value is -3.30. The summed E-state index contributed by atoms with van der Waals surface area (Å²) in [5.74, 6) is -2.24. The SMILES string of the molecule is CC(=O)NC(CNC(=O)c1cnn(-c2ccc(F)cc2)n1)(C(N)=O)C(C)(C)C. The fourth-order valence-electron chi connectivity index (χ4n) is 2.69. The highest BCUT2D eigenvalue weighted by molar-refractivity contribution is 5.94. The van der Waals surface area contributed by atoms with E-state index < -0.39 is 34.5 Å². The molecule has 2 rings (SSSR count). The molecule has 0 saturated heterocycles. The Kier molecular flexibility index (Phi) is 5.81. The first kappa shape index (κ1) is 21.0. The van der Waals surface area contributed by atoms with Crippen LogP contribution in [0.1, 0.15) is 38.2 Å². The number of hydrogen-bond donors (Lipinski definition) is 3. The number of amides is 3. The molecular formula is C18H23FN6O3. The number of rotatable bonds is 6. The fourth-order valence-corrected chi connectivity index (χ4v) is 2.69. The van der Waals surface area contributed by atoms with Crippen LogP contribution in [0.2, 0.25) is 0 Å². The number of aromatic nitrogens is 3. The van der Waals surface area contributed by atoms with Gasteiger partial charge in [0.1, 0.15) is 11.4 Å². The van der Waals surface area contributed by atoms with E-state index in [0.717, 1.165) is 0 Å². The highest BCUT2D eigenvalue weighted by atomic mass is 19.1. The van der Waals surface area contributed by atoms with Crippen LogP contribution in [0.3, 0.4) is 0 Å². The minimum Gasteiger partial charge on any atom is -0.368 e. The molecule has 0 radical (unpaired) electrons. The number of carbonyl (C=O) groups is 3. The Balaban J connectivity index is 2.20. The summed E-state index contributed by atoms with van der Waals surface area (Å²) < 4.78 is 13.0. The molecule has 4 N–H and O–H groups in total. The second-order valence-electron chi connectivity index (χ2n) is 7.38. The molecule has 0 aliphatic rings. The summed E-state index contributed by atoms with van der Waals surface area (Å²) >= 11 is 0. The quantitative estimate of drug-likeness (QED) is 0.662. The highest BCUT2D eigenvalue weighted by Crippen LogP contribution is 2.30. The molecular weight excluding hydrogens is 367 g/mol. The third-order valence-corrected chi connectivity index (χ3v) is 4.39. The molecule has 1 unspecified atom stereocenters. The average molecular weight is 390 g/mol. The third-order valence-electron chi connectivity index (χ3n) is 4.39. The number of carbonyl (C=O) groups excluding carboxylic acids is 3. The van der Waals surface area contributed by atoms with Crippen LogP contribution in [0.5, 0.6) is 0 Å². The lowest BCUT2D eigenvalue weighted by molar-refractivity contribution is -0.135. The average Bonchev–Trinajstić information content (AvgIpc) is 3.07. The predicted octanol–water partition coefficient (Wildman–Crippen LogP) is 0.542. The van der Waals surface area contributed by atoms with Crippen molar-refractivity contribution in [2.75, 3.05) is 6.54 Å². The molecule has 9 nitrogen and oxygen atoms in total. The number of nitrogens with zero attached hydrogens (tertiary/aromatic N) is 3. The van der Waals surface area contributed by atoms with E-state index >= 15 is 0 Å². The first-order valence-electron chi connectivity index (χ1n) is 8.51. The van der Waals surface area contributed by atoms with Gasteiger partial charge in [0.15, 0.2) is 5.69 Å². The first-order valence-corrected chi connectivity index (χ1v) is 8.51. The summed E-state index contributed by atoms with van der Waals surface area (Å²) in [6.45, 7) is 6.22. The number of benzene rings is 1. The van der Waals surface area contributed by atoms with Gasteiger partial charge in [0.05, 0.1) is 18.4 Å². The van der Waals surface area contributed by atoms with Gasteiger partial charge in [-0.05, 0) is 29.7 Å². The van der Waals surface area contributed by atoms with Gasteiger partial charge in [0.2, 0.25) is 11.8 Å². The molecule has 0 spiro atoms. The summed E-state index contributed by atoms with van der Waals surface area (Å²) in [6.07, 6.45) is 1.24. The Morgan fingerprint density at radius 3 is 2.29 bits per heavy atom. The number of nitrogens with two attached hydrogens (primary N) is 1. The molecule has 0 bridgehead atoms. The van der Waals surface area contributed by atoms with E-state index in [4.69, 9.17) is 5.73 Å². The van der Waals surface area contributed by atoms with E-state index in [1.54, 1.807) is 20.8 Å². The van der Waals surface area contributed by atoms with Crippen LogP contribution in [0, 0.1) is 11.2 Å². The zero-order valence-corrected chi connectivity index (χ0v) is 16.1. The van der Waals surface area contributed by atoms with Crippen molar-refractivity contribution in [3.63, 3.8) is 0 Å². The summed E-state index contributed by atoms with van der Waals surface area (Å²) in [4.78, 5) is 37.4. The van der Waals surface area contributed by atoms with E-state index in [0.29, 0.717) is 5.69 Å². The fraction of sp³-hybridized carbons (Fsp3) is 0.389. The van der Waals surface area contributed by atoms with Crippen molar-refractivity contribution in [1.82, 2.24) is 25.6 Å². The van der Waals surface area contributed by atoms with Crippen molar-refractivity contribution in [2.24, 2.45) is 11.1 Å². The smallest absolute Gasteiger partial charge is 0.273 e. The summed E-state index contributed by atoms with van der Waals surface area (Å²) in [6, 6.07) is 5.42. The number of hydrogen-bond acceptors (Lipinski definition) is 5. The van der Waals surface area contributed by atoms with E-state index in [-0.39, 0.29) is 12.2 Å². The number of halogens is 1. The Morgan fingerprint density at radius 2 is 1.79 bits per heavy atom. The molecule has 150 valence electrons. The lowest BCUT2D eigenvalue weighted by atomic mass is 9.72. The van der Waals surface area contributed by atoms with Crippen molar-refractivity contribution in [1.29, 1.82) is 0 Å². The zero-order chi connectivity index (χ0) is 21.1. The second kappa shape index (κ2) is 7.75. The number of primary amides is 1. The summed E-state index contributed by atoms with van der Waals surface area (Å²) in [5, 5.41) is 13.2. The lowest BCUT2D eigenvalue weighted by Crippen LogP contribution is -2.69. The van der Waals surface area contributed by atoms with Gasteiger partial charge in [-0.15, -0.1) is 5.10 Å². The molecule has 1 aromatic carbocycles. The zero-order valence-electron chi connectivity index (χ0n) is 16.1. The lowest BCUT2D eigenvalue weighted by Gasteiger charge is -2.42. The monoisotopic (exact) mass is 390 g/mol. The molecule has 1 aromatic heterocycles. The molecule has 0 fully saturated rings. The van der Waals surface area contributed by atoms with Gasteiger partial charge in [-0.25, -0.2) is 4.39 Å². The van der Waals surface area contributed by atoms with Gasteiger partial charge < -0.3 is 16.4 Å². The Labute approximate surface area is 161 Å². The van der Waals surface area contributed by atoms with Crippen molar-refractivity contribution >= 4 is 17.7 Å². The van der Waals surface area contributed by atoms with E-state index in [2.05, 4.69) is 20.8 Å². The van der Waals surface area contributed by atoms with Gasteiger partial charge in [-0.2, -0.15) is 9.90 Å². The second-order valence-corrected chi connectivity index (χ2v) is 7.38. The van der Waals surface area contributed by atoms with E-state index in [9.17, 15) is 18.8 Å². The first-order chi connectivity index (χ1) is 13.0. The molecule has 0 aliphatic carbocycles. The van der Waals surface area contributed by atoms with Gasteiger partial charge in [-0.3, -0.25) is 14.4 Å². The third kappa shape index (κ3) is 4.33. The molecule has 1 atom stereocenters. The maximum Gasteiger partial charge on any atom is 0.273 e. The summed E-state index contributed by atoms with van der Waals surface area (Å²) in [7, 11) is 0. The largest absolute Gasteiger partial charge is 0.368 e. The topological polar surface area (TPSA) is 132 Å². The van der Waals surface area contributed by atoms with Crippen molar-refractivity contribution in [2.45, 2.75) is 33.2 Å². The van der Waals surface area contributed by atoms with Gasteiger partial charge in [0.25, 0.3) is 5.91 Å². The van der Waals surface area contributed by atoms with Crippen LogP contribution in [-0.2, 0) is 9.59 Å². The van der Waals surface area contributed by atoms with Crippen LogP contribution >= 0.6 is 0 Å². The molecule has 0 aliphatic heterocycles. The molecule has 1 heterocycles. The van der Waals surface area contributed by atoms with Crippen LogP contribution in [0.4, 0.5) is 4.39 Å². The molecule has 3 amide bonds. The van der Waals surface area contributed by atoms with Crippen LogP contribution in [-0.4, -0.2) is 44.8 Å². The van der Waals surface area contributed by atoms with E-state index in [1.807, 2.05) is 0 Å². The summed E-state index contributed by atoms with van der Waals surface area (Å²) in [5.41, 5.74) is 3.74. The van der Waals surface area contributed by atoms with Gasteiger partial charge in [0, 0.05) is 6.92 Å². The van der Waals surface area contributed by atoms with Crippen molar-refractivity contribution in [3.8, 4) is 5.69 Å². The van der Waals surface area contributed by atoms with E-state index in [1.165, 1.54) is 42.2 Å². The standard InChI is InChI=1S/C18H23FN6O3/c1-11(26)23-18(16(20)28,17(2,3)4)10-21-15(27)14-9-22-25(24-14)13-7-5-12(19)6-8-13/h5-9H,10H2,1-4H3,(H2,20,28)(H,21,27)(H,23,26). The highest BCUT2D eigenvalue weighted by Gasteiger charge is 2.48. The Morgan fingerprint density at radius 1 is 1.18 bits per heavy atom. The normalized spacial score (nSPS) is 13.5. The maximum absolute atomic E-state index is 13.0. The molecule has 2 aromatic rings. The van der Waals surface area contributed by atoms with Crippen LogP contribution in [0.25, 0.3) is 5.69 Å².